The number of benzene rings is 2. The van der Waals surface area contributed by atoms with Crippen LogP contribution < -0.4 is 5.32 Å². The van der Waals surface area contributed by atoms with Crippen molar-refractivity contribution in [1.29, 1.82) is 0 Å². The Labute approximate surface area is 152 Å². The summed E-state index contributed by atoms with van der Waals surface area (Å²) in [4.78, 5) is 18.3. The first-order valence-electron chi connectivity index (χ1n) is 8.59. The van der Waals surface area contributed by atoms with Gasteiger partial charge in [-0.3, -0.25) is 4.79 Å². The Kier molecular flexibility index (Phi) is 5.43. The number of carbonyl (C=O) groups is 1. The van der Waals surface area contributed by atoms with E-state index >= 15 is 0 Å². The molecule has 0 saturated carbocycles. The van der Waals surface area contributed by atoms with Crippen molar-refractivity contribution >= 4 is 28.7 Å². The van der Waals surface area contributed by atoms with Gasteiger partial charge in [-0.1, -0.05) is 19.1 Å². The number of nitrogens with zero attached hydrogens (tertiary/aromatic N) is 2. The minimum atomic E-state index is -0.0717. The van der Waals surface area contributed by atoms with E-state index < -0.39 is 0 Å². The molecule has 4 nitrogen and oxygen atoms in total. The van der Waals surface area contributed by atoms with Gasteiger partial charge in [0, 0.05) is 23.5 Å². The van der Waals surface area contributed by atoms with Crippen LogP contribution in [0, 0.1) is 6.92 Å². The fourth-order valence-corrected chi connectivity index (χ4v) is 3.61. The molecule has 2 aromatic carbocycles. The van der Waals surface area contributed by atoms with Crippen LogP contribution in [-0.2, 0) is 13.1 Å². The molecule has 0 saturated heterocycles. The average Bonchev–Trinajstić information content (AvgIpc) is 2.95. The molecule has 0 bridgehead atoms. The van der Waals surface area contributed by atoms with E-state index in [0.29, 0.717) is 12.1 Å². The molecule has 3 rings (SSSR count). The van der Waals surface area contributed by atoms with Crippen molar-refractivity contribution in [3.05, 3.63) is 59.4 Å². The van der Waals surface area contributed by atoms with Crippen molar-refractivity contribution in [1.82, 2.24) is 14.9 Å². The van der Waals surface area contributed by atoms with Crippen LogP contribution in [0.2, 0.25) is 0 Å². The van der Waals surface area contributed by atoms with E-state index in [1.165, 1.54) is 4.90 Å². The molecule has 0 fully saturated rings. The van der Waals surface area contributed by atoms with Crippen molar-refractivity contribution in [2.24, 2.45) is 0 Å². The number of rotatable bonds is 6. The fourth-order valence-electron chi connectivity index (χ4n) is 2.95. The highest BCUT2D eigenvalue weighted by Gasteiger charge is 2.10. The van der Waals surface area contributed by atoms with Crippen LogP contribution in [0.5, 0.6) is 0 Å². The normalized spacial score (nSPS) is 11.0. The fraction of sp³-hybridized carbons (Fsp3) is 0.300. The van der Waals surface area contributed by atoms with Gasteiger partial charge >= 0.3 is 0 Å². The molecule has 1 aromatic heterocycles. The van der Waals surface area contributed by atoms with Crippen LogP contribution in [-0.4, -0.2) is 21.2 Å². The lowest BCUT2D eigenvalue weighted by molar-refractivity contribution is 0.0951. The van der Waals surface area contributed by atoms with E-state index in [1.807, 2.05) is 36.9 Å². The van der Waals surface area contributed by atoms with Crippen molar-refractivity contribution < 1.29 is 4.79 Å². The lowest BCUT2D eigenvalue weighted by Crippen LogP contribution is -2.22. The molecule has 0 atom stereocenters. The number of thioether (sulfide) groups is 1. The van der Waals surface area contributed by atoms with Crippen molar-refractivity contribution in [3.63, 3.8) is 0 Å². The van der Waals surface area contributed by atoms with E-state index in [1.54, 1.807) is 0 Å². The molecular formula is C20H23N3OS. The minimum absolute atomic E-state index is 0.0717. The highest BCUT2D eigenvalue weighted by atomic mass is 32.2. The van der Waals surface area contributed by atoms with E-state index in [2.05, 4.69) is 53.0 Å². The molecule has 0 unspecified atom stereocenters. The van der Waals surface area contributed by atoms with Gasteiger partial charge in [0.15, 0.2) is 0 Å². The standard InChI is InChI=1S/C20H23N3OS/c1-4-23-14(3)22-18-12-16(8-11-19(18)23)20(24)21-13-15-6-9-17(10-7-15)25-5-2/h6-12H,4-5,13H2,1-3H3,(H,21,24). The van der Waals surface area contributed by atoms with Gasteiger partial charge in [-0.05, 0) is 55.5 Å². The zero-order chi connectivity index (χ0) is 17.8. The second-order valence-electron chi connectivity index (χ2n) is 5.87. The number of carbonyl (C=O) groups excluding carboxylic acids is 1. The Morgan fingerprint density at radius 1 is 1.16 bits per heavy atom. The molecule has 3 aromatic rings. The topological polar surface area (TPSA) is 46.9 Å². The van der Waals surface area contributed by atoms with Crippen LogP contribution in [0.1, 0.15) is 35.6 Å². The van der Waals surface area contributed by atoms with E-state index in [0.717, 1.165) is 34.7 Å². The summed E-state index contributed by atoms with van der Waals surface area (Å²) in [5.74, 6) is 1.96. The second-order valence-corrected chi connectivity index (χ2v) is 7.20. The van der Waals surface area contributed by atoms with Crippen LogP contribution in [0.15, 0.2) is 47.4 Å². The van der Waals surface area contributed by atoms with Crippen LogP contribution >= 0.6 is 11.8 Å². The summed E-state index contributed by atoms with van der Waals surface area (Å²) in [7, 11) is 0. The Hall–Kier alpha value is -2.27. The number of nitrogens with one attached hydrogen (secondary N) is 1. The summed E-state index contributed by atoms with van der Waals surface area (Å²) in [6.07, 6.45) is 0. The van der Waals surface area contributed by atoms with Gasteiger partial charge in [-0.25, -0.2) is 4.98 Å². The number of hydrogen-bond donors (Lipinski definition) is 1. The molecule has 130 valence electrons. The lowest BCUT2D eigenvalue weighted by atomic mass is 10.1. The summed E-state index contributed by atoms with van der Waals surface area (Å²) in [5, 5.41) is 2.99. The molecule has 5 heteroatoms. The monoisotopic (exact) mass is 353 g/mol. The van der Waals surface area contributed by atoms with E-state index in [4.69, 9.17) is 0 Å². The summed E-state index contributed by atoms with van der Waals surface area (Å²) >= 11 is 1.81. The first-order chi connectivity index (χ1) is 12.1. The molecule has 0 aliphatic carbocycles. The number of hydrogen-bond acceptors (Lipinski definition) is 3. The highest BCUT2D eigenvalue weighted by Crippen LogP contribution is 2.19. The van der Waals surface area contributed by atoms with Gasteiger partial charge in [0.25, 0.3) is 5.91 Å². The number of aromatic nitrogens is 2. The number of aryl methyl sites for hydroxylation is 2. The van der Waals surface area contributed by atoms with Crippen LogP contribution in [0.4, 0.5) is 0 Å². The Morgan fingerprint density at radius 2 is 1.92 bits per heavy atom. The zero-order valence-corrected chi connectivity index (χ0v) is 15.7. The predicted octanol–water partition coefficient (Wildman–Crippen LogP) is 4.41. The van der Waals surface area contributed by atoms with Gasteiger partial charge < -0.3 is 9.88 Å². The van der Waals surface area contributed by atoms with Crippen LogP contribution in [0.3, 0.4) is 0 Å². The molecule has 0 radical (unpaired) electrons. The van der Waals surface area contributed by atoms with E-state index in [9.17, 15) is 4.79 Å². The van der Waals surface area contributed by atoms with Gasteiger partial charge in [-0.15, -0.1) is 11.8 Å². The molecule has 1 heterocycles. The van der Waals surface area contributed by atoms with Crippen molar-refractivity contribution in [2.45, 2.75) is 38.8 Å². The van der Waals surface area contributed by atoms with Gasteiger partial charge in [0.1, 0.15) is 5.82 Å². The molecule has 25 heavy (non-hydrogen) atoms. The molecule has 0 aliphatic rings. The predicted molar refractivity (Wildman–Crippen MR) is 104 cm³/mol. The average molecular weight is 353 g/mol. The maximum atomic E-state index is 12.4. The number of fused-ring (bicyclic) bond motifs is 1. The third-order valence-corrected chi connectivity index (χ3v) is 5.10. The largest absolute Gasteiger partial charge is 0.348 e. The zero-order valence-electron chi connectivity index (χ0n) is 14.9. The quantitative estimate of drug-likeness (QED) is 0.668. The highest BCUT2D eigenvalue weighted by molar-refractivity contribution is 7.99. The maximum Gasteiger partial charge on any atom is 0.251 e. The maximum absolute atomic E-state index is 12.4. The van der Waals surface area contributed by atoms with Gasteiger partial charge in [0.05, 0.1) is 11.0 Å². The number of amides is 1. The molecule has 1 N–H and O–H groups in total. The van der Waals surface area contributed by atoms with Crippen molar-refractivity contribution in [3.8, 4) is 0 Å². The third-order valence-electron chi connectivity index (χ3n) is 4.20. The summed E-state index contributed by atoms with van der Waals surface area (Å²) < 4.78 is 2.15. The Balaban J connectivity index is 1.69. The smallest absolute Gasteiger partial charge is 0.251 e. The van der Waals surface area contributed by atoms with Crippen molar-refractivity contribution in [2.75, 3.05) is 5.75 Å². The van der Waals surface area contributed by atoms with E-state index in [-0.39, 0.29) is 5.91 Å². The molecule has 0 spiro atoms. The first kappa shape index (κ1) is 17.5. The summed E-state index contributed by atoms with van der Waals surface area (Å²) in [6.45, 7) is 7.63. The molecule has 1 amide bonds. The van der Waals surface area contributed by atoms with Crippen LogP contribution in [0.25, 0.3) is 11.0 Å². The lowest BCUT2D eigenvalue weighted by Gasteiger charge is -2.07. The number of imidazole rings is 1. The Morgan fingerprint density at radius 3 is 2.60 bits per heavy atom. The summed E-state index contributed by atoms with van der Waals surface area (Å²) in [5.41, 5.74) is 3.68. The Bertz CT molecular complexity index is 884. The minimum Gasteiger partial charge on any atom is -0.348 e. The third kappa shape index (κ3) is 3.87. The molecule has 0 aliphatic heterocycles. The first-order valence-corrected chi connectivity index (χ1v) is 9.57. The van der Waals surface area contributed by atoms with Gasteiger partial charge in [0.2, 0.25) is 0 Å². The second kappa shape index (κ2) is 7.74. The SMILES string of the molecule is CCSc1ccc(CNC(=O)c2ccc3c(c2)nc(C)n3CC)cc1. The summed E-state index contributed by atoms with van der Waals surface area (Å²) in [6, 6.07) is 14.0. The van der Waals surface area contributed by atoms with Gasteiger partial charge in [-0.2, -0.15) is 0 Å². The molecular weight excluding hydrogens is 330 g/mol.